The summed E-state index contributed by atoms with van der Waals surface area (Å²) in [6.45, 7) is 0.868. The number of halogens is 2. The molecule has 2 aromatic carbocycles. The van der Waals surface area contributed by atoms with E-state index in [1.165, 1.54) is 6.07 Å². The number of hydrogen-bond donors (Lipinski definition) is 1. The van der Waals surface area contributed by atoms with Gasteiger partial charge in [0, 0.05) is 4.47 Å². The molecule has 0 amide bonds. The molecule has 0 spiro atoms. The Hall–Kier alpha value is -1.39. The van der Waals surface area contributed by atoms with E-state index in [2.05, 4.69) is 15.9 Å². The lowest BCUT2D eigenvalue weighted by molar-refractivity contribution is 0.107. The van der Waals surface area contributed by atoms with Gasteiger partial charge in [-0.1, -0.05) is 34.1 Å². The van der Waals surface area contributed by atoms with Crippen LogP contribution in [-0.2, 0) is 18.0 Å². The Kier molecular flexibility index (Phi) is 4.33. The van der Waals surface area contributed by atoms with Gasteiger partial charge in [-0.05, 0) is 35.4 Å². The van der Waals surface area contributed by atoms with Crippen LogP contribution in [0.25, 0.3) is 0 Å². The first-order valence-electron chi connectivity index (χ1n) is 5.51. The molecule has 0 atom stereocenters. The molecule has 0 fully saturated rings. The standard InChI is InChI=1S/C14H13BrFNO/c15-12-4-1-10(2-5-12)8-18-9-11-3-6-14(17)13(16)7-11/h1-7H,8-9,17H2. The van der Waals surface area contributed by atoms with Gasteiger partial charge in [0.15, 0.2) is 0 Å². The quantitative estimate of drug-likeness (QED) is 0.870. The summed E-state index contributed by atoms with van der Waals surface area (Å²) in [4.78, 5) is 0. The third-order valence-electron chi connectivity index (χ3n) is 2.52. The number of nitrogens with two attached hydrogens (primary N) is 1. The first-order chi connectivity index (χ1) is 8.65. The summed E-state index contributed by atoms with van der Waals surface area (Å²) < 4.78 is 19.7. The molecule has 0 unspecified atom stereocenters. The Morgan fingerprint density at radius 2 is 1.61 bits per heavy atom. The van der Waals surface area contributed by atoms with Gasteiger partial charge in [0.2, 0.25) is 0 Å². The maximum Gasteiger partial charge on any atom is 0.146 e. The van der Waals surface area contributed by atoms with E-state index in [9.17, 15) is 4.39 Å². The molecule has 0 saturated heterocycles. The van der Waals surface area contributed by atoms with Crippen molar-refractivity contribution in [2.24, 2.45) is 0 Å². The van der Waals surface area contributed by atoms with E-state index in [4.69, 9.17) is 10.5 Å². The van der Waals surface area contributed by atoms with Gasteiger partial charge in [0.25, 0.3) is 0 Å². The lowest BCUT2D eigenvalue weighted by Crippen LogP contribution is -1.96. The number of nitrogen functional groups attached to an aromatic ring is 1. The molecule has 0 aliphatic rings. The van der Waals surface area contributed by atoms with Crippen molar-refractivity contribution in [2.75, 3.05) is 5.73 Å². The number of ether oxygens (including phenoxy) is 1. The van der Waals surface area contributed by atoms with Crippen molar-refractivity contribution in [2.45, 2.75) is 13.2 Å². The van der Waals surface area contributed by atoms with Crippen molar-refractivity contribution in [3.05, 3.63) is 63.9 Å². The van der Waals surface area contributed by atoms with Crippen LogP contribution in [0.15, 0.2) is 46.9 Å². The van der Waals surface area contributed by atoms with Crippen LogP contribution >= 0.6 is 15.9 Å². The highest BCUT2D eigenvalue weighted by Gasteiger charge is 2.00. The zero-order chi connectivity index (χ0) is 13.0. The molecule has 0 aliphatic carbocycles. The molecule has 0 aliphatic heterocycles. The Morgan fingerprint density at radius 3 is 2.28 bits per heavy atom. The zero-order valence-corrected chi connectivity index (χ0v) is 11.3. The molecule has 18 heavy (non-hydrogen) atoms. The van der Waals surface area contributed by atoms with Gasteiger partial charge in [-0.25, -0.2) is 4.39 Å². The van der Waals surface area contributed by atoms with E-state index in [0.717, 1.165) is 15.6 Å². The van der Waals surface area contributed by atoms with Gasteiger partial charge < -0.3 is 10.5 Å². The Labute approximate surface area is 114 Å². The minimum atomic E-state index is -0.403. The van der Waals surface area contributed by atoms with E-state index in [0.29, 0.717) is 13.2 Å². The molecule has 2 rings (SSSR count). The number of rotatable bonds is 4. The van der Waals surface area contributed by atoms with E-state index in [-0.39, 0.29) is 5.69 Å². The second-order valence-corrected chi connectivity index (χ2v) is 4.89. The summed E-state index contributed by atoms with van der Waals surface area (Å²) in [6, 6.07) is 12.6. The van der Waals surface area contributed by atoms with E-state index < -0.39 is 5.82 Å². The zero-order valence-electron chi connectivity index (χ0n) is 9.70. The highest BCUT2D eigenvalue weighted by atomic mass is 79.9. The highest BCUT2D eigenvalue weighted by molar-refractivity contribution is 9.10. The van der Waals surface area contributed by atoms with Crippen molar-refractivity contribution in [3.63, 3.8) is 0 Å². The molecule has 0 bridgehead atoms. The first-order valence-corrected chi connectivity index (χ1v) is 6.30. The molecule has 0 heterocycles. The van der Waals surface area contributed by atoms with E-state index in [1.54, 1.807) is 12.1 Å². The molecule has 2 N–H and O–H groups in total. The molecule has 0 aromatic heterocycles. The van der Waals surface area contributed by atoms with Crippen LogP contribution in [-0.4, -0.2) is 0 Å². The third kappa shape index (κ3) is 3.55. The predicted molar refractivity (Wildman–Crippen MR) is 73.4 cm³/mol. The molecule has 94 valence electrons. The number of benzene rings is 2. The molecular formula is C14H13BrFNO. The predicted octanol–water partition coefficient (Wildman–Crippen LogP) is 3.89. The SMILES string of the molecule is Nc1ccc(COCc2ccc(Br)cc2)cc1F. The lowest BCUT2D eigenvalue weighted by atomic mass is 10.2. The van der Waals surface area contributed by atoms with Gasteiger partial charge >= 0.3 is 0 Å². The van der Waals surface area contributed by atoms with Crippen LogP contribution in [0, 0.1) is 5.82 Å². The topological polar surface area (TPSA) is 35.2 Å². The smallest absolute Gasteiger partial charge is 0.146 e. The Morgan fingerprint density at radius 1 is 1.00 bits per heavy atom. The maximum absolute atomic E-state index is 13.2. The number of anilines is 1. The van der Waals surface area contributed by atoms with Gasteiger partial charge in [0.1, 0.15) is 5.82 Å². The Balaban J connectivity index is 1.88. The van der Waals surface area contributed by atoms with Crippen LogP contribution in [0.3, 0.4) is 0 Å². The van der Waals surface area contributed by atoms with Crippen LogP contribution in [0.5, 0.6) is 0 Å². The third-order valence-corrected chi connectivity index (χ3v) is 3.04. The summed E-state index contributed by atoms with van der Waals surface area (Å²) >= 11 is 3.37. The van der Waals surface area contributed by atoms with Crippen LogP contribution in [0.2, 0.25) is 0 Å². The van der Waals surface area contributed by atoms with Crippen molar-refractivity contribution >= 4 is 21.6 Å². The van der Waals surface area contributed by atoms with E-state index >= 15 is 0 Å². The van der Waals surface area contributed by atoms with Crippen LogP contribution in [0.4, 0.5) is 10.1 Å². The van der Waals surface area contributed by atoms with Gasteiger partial charge in [-0.3, -0.25) is 0 Å². The summed E-state index contributed by atoms with van der Waals surface area (Å²) in [5.41, 5.74) is 7.42. The highest BCUT2D eigenvalue weighted by Crippen LogP contribution is 2.14. The second kappa shape index (κ2) is 5.98. The molecular weight excluding hydrogens is 297 g/mol. The van der Waals surface area contributed by atoms with Gasteiger partial charge in [-0.15, -0.1) is 0 Å². The van der Waals surface area contributed by atoms with Crippen molar-refractivity contribution in [3.8, 4) is 0 Å². The van der Waals surface area contributed by atoms with Crippen molar-refractivity contribution < 1.29 is 9.13 Å². The average molecular weight is 310 g/mol. The Bertz CT molecular complexity index is 528. The summed E-state index contributed by atoms with van der Waals surface area (Å²) in [5.74, 6) is -0.403. The fourth-order valence-corrected chi connectivity index (χ4v) is 1.79. The van der Waals surface area contributed by atoms with Crippen molar-refractivity contribution in [1.82, 2.24) is 0 Å². The molecule has 0 saturated carbocycles. The van der Waals surface area contributed by atoms with Gasteiger partial charge in [-0.2, -0.15) is 0 Å². The maximum atomic E-state index is 13.2. The largest absolute Gasteiger partial charge is 0.396 e. The fraction of sp³-hybridized carbons (Fsp3) is 0.143. The molecule has 2 nitrogen and oxygen atoms in total. The average Bonchev–Trinajstić information content (AvgIpc) is 2.36. The normalized spacial score (nSPS) is 10.6. The minimum Gasteiger partial charge on any atom is -0.396 e. The molecule has 2 aromatic rings. The second-order valence-electron chi connectivity index (χ2n) is 3.98. The van der Waals surface area contributed by atoms with Crippen molar-refractivity contribution in [1.29, 1.82) is 0 Å². The van der Waals surface area contributed by atoms with Crippen LogP contribution in [0.1, 0.15) is 11.1 Å². The summed E-state index contributed by atoms with van der Waals surface area (Å²) in [5, 5.41) is 0. The molecule has 0 radical (unpaired) electrons. The summed E-state index contributed by atoms with van der Waals surface area (Å²) in [6.07, 6.45) is 0. The molecule has 4 heteroatoms. The lowest BCUT2D eigenvalue weighted by Gasteiger charge is -2.06. The number of hydrogen-bond acceptors (Lipinski definition) is 2. The van der Waals surface area contributed by atoms with Crippen LogP contribution < -0.4 is 5.73 Å². The van der Waals surface area contributed by atoms with E-state index in [1.807, 2.05) is 24.3 Å². The summed E-state index contributed by atoms with van der Waals surface area (Å²) in [7, 11) is 0. The fourth-order valence-electron chi connectivity index (χ4n) is 1.53. The minimum absolute atomic E-state index is 0.159. The van der Waals surface area contributed by atoms with Gasteiger partial charge in [0.05, 0.1) is 18.9 Å². The first kappa shape index (κ1) is 13.1. The monoisotopic (exact) mass is 309 g/mol.